The molecule has 2 unspecified atom stereocenters. The van der Waals surface area contributed by atoms with Crippen molar-refractivity contribution in [3.05, 3.63) is 0 Å². The van der Waals surface area contributed by atoms with Gasteiger partial charge >= 0.3 is 0 Å². The first-order valence-corrected chi connectivity index (χ1v) is 9.92. The maximum Gasteiger partial charge on any atom is 0.0620 e. The summed E-state index contributed by atoms with van der Waals surface area (Å²) < 4.78 is 0. The average Bonchev–Trinajstić information content (AvgIpc) is 3.11. The summed E-state index contributed by atoms with van der Waals surface area (Å²) in [5, 5.41) is 9.49. The molecule has 0 aliphatic heterocycles. The van der Waals surface area contributed by atoms with Crippen molar-refractivity contribution in [2.45, 2.75) is 105 Å². The molecule has 3 aliphatic rings. The average molecular weight is 311 g/mol. The van der Waals surface area contributed by atoms with E-state index >= 15 is 0 Å². The van der Waals surface area contributed by atoms with Gasteiger partial charge in [0.25, 0.3) is 0 Å². The van der Waals surface area contributed by atoms with Gasteiger partial charge in [0.15, 0.2) is 0 Å². The van der Waals surface area contributed by atoms with Crippen molar-refractivity contribution in [3.63, 3.8) is 0 Å². The van der Waals surface area contributed by atoms with Crippen LogP contribution >= 0.6 is 0 Å². The predicted octanol–water partition coefficient (Wildman–Crippen LogP) is 6.44. The lowest BCUT2D eigenvalue weighted by atomic mass is 9.81. The van der Waals surface area contributed by atoms with Gasteiger partial charge in [0.05, 0.1) is 5.60 Å². The molecular weight excluding hydrogens is 268 g/mol. The lowest BCUT2D eigenvalue weighted by Gasteiger charge is -2.31. The molecule has 1 nitrogen and oxygen atoms in total. The Morgan fingerprint density at radius 3 is 1.14 bits per heavy atom. The van der Waals surface area contributed by atoms with Gasteiger partial charge in [-0.15, -0.1) is 0 Å². The van der Waals surface area contributed by atoms with E-state index in [0.717, 1.165) is 42.4 Å². The molecule has 0 bridgehead atoms. The van der Waals surface area contributed by atoms with Gasteiger partial charge in [0.2, 0.25) is 0 Å². The first-order valence-electron chi connectivity index (χ1n) is 9.92. The summed E-state index contributed by atoms with van der Waals surface area (Å²) in [6.45, 7) is 13.5. The van der Waals surface area contributed by atoms with E-state index in [0.29, 0.717) is 0 Å². The highest BCUT2D eigenvalue weighted by Gasteiger charge is 2.26. The van der Waals surface area contributed by atoms with Crippen LogP contribution in [0.15, 0.2) is 0 Å². The molecule has 3 rings (SSSR count). The molecule has 132 valence electrons. The molecule has 0 saturated heterocycles. The summed E-state index contributed by atoms with van der Waals surface area (Å²) in [6, 6.07) is 0. The molecule has 3 saturated carbocycles. The molecule has 3 aliphatic carbocycles. The fourth-order valence-corrected chi connectivity index (χ4v) is 3.32. The van der Waals surface area contributed by atoms with Crippen molar-refractivity contribution >= 4 is 0 Å². The Labute approximate surface area is 140 Å². The minimum atomic E-state index is -0.341. The van der Waals surface area contributed by atoms with Gasteiger partial charge in [0.1, 0.15) is 0 Å². The molecular formula is C21H42O. The van der Waals surface area contributed by atoms with Gasteiger partial charge in [-0.3, -0.25) is 0 Å². The molecule has 0 aromatic rings. The Balaban J connectivity index is 0.000000171. The molecule has 22 heavy (non-hydrogen) atoms. The Bertz CT molecular complexity index is 262. The summed E-state index contributed by atoms with van der Waals surface area (Å²) in [6.07, 6.45) is 11.8. The normalized spacial score (nSPS) is 44.0. The summed E-state index contributed by atoms with van der Waals surface area (Å²) >= 11 is 0. The minimum absolute atomic E-state index is 0.341. The van der Waals surface area contributed by atoms with Gasteiger partial charge in [-0.25, -0.2) is 0 Å². The maximum atomic E-state index is 9.49. The van der Waals surface area contributed by atoms with Gasteiger partial charge in [-0.1, -0.05) is 60.3 Å². The highest BCUT2D eigenvalue weighted by Crippen LogP contribution is 2.36. The van der Waals surface area contributed by atoms with Crippen LogP contribution in [-0.2, 0) is 0 Å². The topological polar surface area (TPSA) is 20.2 Å². The fourth-order valence-electron chi connectivity index (χ4n) is 3.32. The molecule has 1 N–H and O–H groups in total. The van der Waals surface area contributed by atoms with E-state index in [4.69, 9.17) is 0 Å². The molecule has 0 amide bonds. The van der Waals surface area contributed by atoms with Crippen LogP contribution in [0, 0.1) is 29.6 Å². The van der Waals surface area contributed by atoms with Crippen molar-refractivity contribution in [1.29, 1.82) is 0 Å². The summed E-state index contributed by atoms with van der Waals surface area (Å²) in [5.74, 6) is 4.98. The van der Waals surface area contributed by atoms with Gasteiger partial charge in [0, 0.05) is 0 Å². The van der Waals surface area contributed by atoms with Crippen molar-refractivity contribution in [2.75, 3.05) is 0 Å². The summed E-state index contributed by atoms with van der Waals surface area (Å²) in [4.78, 5) is 0. The molecule has 0 spiro atoms. The highest BCUT2D eigenvalue weighted by atomic mass is 16.3. The SMILES string of the molecule is CC1CC1C.CC1CCC(C)(O)CC1.CC1CCC(C)CC1. The first-order chi connectivity index (χ1) is 10.2. The Hall–Kier alpha value is -0.0400. The van der Waals surface area contributed by atoms with Crippen LogP contribution in [0.5, 0.6) is 0 Å². The van der Waals surface area contributed by atoms with Crippen molar-refractivity contribution in [1.82, 2.24) is 0 Å². The van der Waals surface area contributed by atoms with Crippen molar-refractivity contribution < 1.29 is 5.11 Å². The van der Waals surface area contributed by atoms with Crippen LogP contribution in [0.25, 0.3) is 0 Å². The van der Waals surface area contributed by atoms with E-state index in [9.17, 15) is 5.11 Å². The third-order valence-corrected chi connectivity index (χ3v) is 6.17. The van der Waals surface area contributed by atoms with Gasteiger partial charge in [-0.05, 0) is 68.6 Å². The standard InChI is InChI=1S/C8H16O.C8H16.C5H10/c1-7-3-5-8(2,9)6-4-7;1-7-3-5-8(2)6-4-7;1-4-3-5(4)2/h7,9H,3-6H2,1-2H3;7-8H,3-6H2,1-2H3;4-5H,3H2,1-2H3. The first kappa shape index (κ1) is 20.0. The second-order valence-electron chi connectivity index (χ2n) is 9.23. The van der Waals surface area contributed by atoms with Crippen molar-refractivity contribution in [3.8, 4) is 0 Å². The minimum Gasteiger partial charge on any atom is -0.390 e. The zero-order valence-electron chi connectivity index (χ0n) is 16.2. The van der Waals surface area contributed by atoms with Crippen LogP contribution in [-0.4, -0.2) is 10.7 Å². The quantitative estimate of drug-likeness (QED) is 0.545. The van der Waals surface area contributed by atoms with E-state index in [1.54, 1.807) is 0 Å². The predicted molar refractivity (Wildman–Crippen MR) is 98.0 cm³/mol. The van der Waals surface area contributed by atoms with E-state index in [2.05, 4.69) is 34.6 Å². The fraction of sp³-hybridized carbons (Fsp3) is 1.00. The van der Waals surface area contributed by atoms with Crippen LogP contribution in [0.2, 0.25) is 0 Å². The third kappa shape index (κ3) is 9.18. The highest BCUT2D eigenvalue weighted by molar-refractivity contribution is 4.79. The Morgan fingerprint density at radius 2 is 0.909 bits per heavy atom. The van der Waals surface area contributed by atoms with E-state index in [1.165, 1.54) is 44.9 Å². The van der Waals surface area contributed by atoms with Crippen LogP contribution < -0.4 is 0 Å². The maximum absolute atomic E-state index is 9.49. The van der Waals surface area contributed by atoms with E-state index in [-0.39, 0.29) is 5.60 Å². The molecule has 1 heteroatoms. The molecule has 2 atom stereocenters. The zero-order valence-corrected chi connectivity index (χ0v) is 16.2. The second kappa shape index (κ2) is 9.30. The lowest BCUT2D eigenvalue weighted by Crippen LogP contribution is -2.29. The Morgan fingerprint density at radius 1 is 0.636 bits per heavy atom. The molecule has 0 aromatic carbocycles. The van der Waals surface area contributed by atoms with Crippen LogP contribution in [0.3, 0.4) is 0 Å². The molecule has 0 aromatic heterocycles. The molecule has 3 fully saturated rings. The van der Waals surface area contributed by atoms with Crippen LogP contribution in [0.1, 0.15) is 99.3 Å². The monoisotopic (exact) mass is 310 g/mol. The number of hydrogen-bond acceptors (Lipinski definition) is 1. The number of hydrogen-bond donors (Lipinski definition) is 1. The van der Waals surface area contributed by atoms with Crippen LogP contribution in [0.4, 0.5) is 0 Å². The number of aliphatic hydroxyl groups is 1. The number of rotatable bonds is 0. The second-order valence-corrected chi connectivity index (χ2v) is 9.23. The van der Waals surface area contributed by atoms with Gasteiger partial charge < -0.3 is 5.11 Å². The Kier molecular flexibility index (Phi) is 8.46. The summed E-state index contributed by atoms with van der Waals surface area (Å²) in [7, 11) is 0. The third-order valence-electron chi connectivity index (χ3n) is 6.17. The van der Waals surface area contributed by atoms with E-state index in [1.807, 2.05) is 6.92 Å². The lowest BCUT2D eigenvalue weighted by molar-refractivity contribution is 0.0104. The van der Waals surface area contributed by atoms with E-state index < -0.39 is 0 Å². The molecule has 0 radical (unpaired) electrons. The molecule has 0 heterocycles. The van der Waals surface area contributed by atoms with Gasteiger partial charge in [-0.2, -0.15) is 0 Å². The smallest absolute Gasteiger partial charge is 0.0620 e. The zero-order chi connectivity index (χ0) is 16.8. The van der Waals surface area contributed by atoms with Crippen molar-refractivity contribution in [2.24, 2.45) is 29.6 Å². The summed E-state index contributed by atoms with van der Waals surface area (Å²) in [5.41, 5.74) is -0.341. The largest absolute Gasteiger partial charge is 0.390 e.